The molecule has 2 N–H and O–H groups in total. The van der Waals surface area contributed by atoms with Crippen molar-refractivity contribution in [3.63, 3.8) is 0 Å². The number of carbonyl (C=O) groups is 2. The molecule has 5 rings (SSSR count). The largest absolute Gasteiger partial charge is 0.271 e. The van der Waals surface area contributed by atoms with Crippen LogP contribution in [0.5, 0.6) is 0 Å². The molecule has 0 radical (unpaired) electrons. The molecule has 2 aliphatic carbocycles. The Morgan fingerprint density at radius 1 is 0.862 bits per heavy atom. The number of amides is 2. The molecule has 0 aliphatic heterocycles. The van der Waals surface area contributed by atoms with E-state index in [-0.39, 0.29) is 10.6 Å². The molecular formula is C21H16Cl2N4O2. The van der Waals surface area contributed by atoms with Gasteiger partial charge in [-0.2, -0.15) is 0 Å². The van der Waals surface area contributed by atoms with Crippen LogP contribution in [0.25, 0.3) is 11.0 Å². The van der Waals surface area contributed by atoms with E-state index in [1.54, 1.807) is 24.3 Å². The van der Waals surface area contributed by atoms with Crippen molar-refractivity contribution in [2.75, 3.05) is 0 Å². The van der Waals surface area contributed by atoms with Crippen LogP contribution in [-0.2, 0) is 0 Å². The van der Waals surface area contributed by atoms with E-state index in [1.165, 1.54) is 18.6 Å². The lowest BCUT2D eigenvalue weighted by atomic mass is 10.00. The molecule has 2 bridgehead atoms. The van der Waals surface area contributed by atoms with Crippen molar-refractivity contribution in [3.05, 3.63) is 69.0 Å². The van der Waals surface area contributed by atoms with Gasteiger partial charge in [0.05, 0.1) is 33.0 Å². The molecule has 8 heteroatoms. The number of hydrogen-bond donors (Lipinski definition) is 2. The zero-order valence-corrected chi connectivity index (χ0v) is 16.7. The monoisotopic (exact) mass is 426 g/mol. The van der Waals surface area contributed by atoms with Crippen LogP contribution in [0, 0.1) is 0 Å². The third kappa shape index (κ3) is 3.22. The topological polar surface area (TPSA) is 84.0 Å². The van der Waals surface area contributed by atoms with Gasteiger partial charge < -0.3 is 0 Å². The van der Waals surface area contributed by atoms with E-state index in [9.17, 15) is 9.59 Å². The summed E-state index contributed by atoms with van der Waals surface area (Å²) in [4.78, 5) is 34.3. The van der Waals surface area contributed by atoms with Crippen molar-refractivity contribution in [1.82, 2.24) is 20.8 Å². The molecule has 2 unspecified atom stereocenters. The van der Waals surface area contributed by atoms with Gasteiger partial charge in [-0.05, 0) is 55.7 Å². The number of aromatic nitrogens is 2. The van der Waals surface area contributed by atoms with Gasteiger partial charge in [-0.1, -0.05) is 23.2 Å². The fourth-order valence-corrected chi connectivity index (χ4v) is 4.72. The van der Waals surface area contributed by atoms with Crippen molar-refractivity contribution in [2.45, 2.75) is 31.1 Å². The summed E-state index contributed by atoms with van der Waals surface area (Å²) in [5, 5.41) is 0.626. The number of benzene rings is 2. The molecule has 1 aromatic heterocycles. The predicted octanol–water partition coefficient (Wildman–Crippen LogP) is 4.38. The fraction of sp³-hybridized carbons (Fsp3) is 0.238. The first-order valence-corrected chi connectivity index (χ1v) is 10.1. The van der Waals surface area contributed by atoms with Gasteiger partial charge in [0.2, 0.25) is 0 Å². The molecule has 146 valence electrons. The number of hydrazine groups is 1. The number of fused-ring (bicyclic) bond motifs is 6. The molecule has 1 heterocycles. The van der Waals surface area contributed by atoms with Gasteiger partial charge in [-0.15, -0.1) is 0 Å². The Hall–Kier alpha value is -2.70. The molecular weight excluding hydrogens is 411 g/mol. The van der Waals surface area contributed by atoms with E-state index in [2.05, 4.69) is 10.9 Å². The summed E-state index contributed by atoms with van der Waals surface area (Å²) < 4.78 is 0. The molecule has 0 saturated heterocycles. The number of rotatable bonds is 2. The molecule has 2 aromatic carbocycles. The first kappa shape index (κ1) is 18.3. The Labute approximate surface area is 176 Å². The molecule has 29 heavy (non-hydrogen) atoms. The molecule has 0 spiro atoms. The van der Waals surface area contributed by atoms with Gasteiger partial charge in [-0.25, -0.2) is 9.97 Å². The van der Waals surface area contributed by atoms with Gasteiger partial charge in [0.15, 0.2) is 0 Å². The molecule has 2 atom stereocenters. The Morgan fingerprint density at radius 2 is 1.55 bits per heavy atom. The van der Waals surface area contributed by atoms with Crippen LogP contribution >= 0.6 is 23.2 Å². The Kier molecular flexibility index (Phi) is 4.41. The summed E-state index contributed by atoms with van der Waals surface area (Å²) in [7, 11) is 0. The van der Waals surface area contributed by atoms with Crippen molar-refractivity contribution < 1.29 is 9.59 Å². The number of carbonyl (C=O) groups excluding carboxylic acids is 2. The minimum atomic E-state index is -0.533. The maximum Gasteiger partial charge on any atom is 0.271 e. The SMILES string of the molecule is O=C(NNC(=O)c1ccc(Cl)cc1Cl)c1ccc2nc3c(nc2c1)C1CCC3C1. The summed E-state index contributed by atoms with van der Waals surface area (Å²) >= 11 is 11.9. The van der Waals surface area contributed by atoms with Crippen LogP contribution in [0.1, 0.15) is 63.2 Å². The highest BCUT2D eigenvalue weighted by atomic mass is 35.5. The normalized spacial score (nSPS) is 19.2. The molecule has 1 saturated carbocycles. The lowest BCUT2D eigenvalue weighted by Crippen LogP contribution is -2.41. The predicted molar refractivity (Wildman–Crippen MR) is 110 cm³/mol. The number of hydrogen-bond acceptors (Lipinski definition) is 4. The second-order valence-electron chi connectivity index (χ2n) is 7.44. The lowest BCUT2D eigenvalue weighted by molar-refractivity contribution is 0.0847. The highest BCUT2D eigenvalue weighted by Gasteiger charge is 2.39. The second kappa shape index (κ2) is 6.97. The minimum Gasteiger partial charge on any atom is -0.267 e. The molecule has 3 aromatic rings. The fourth-order valence-electron chi connectivity index (χ4n) is 4.23. The molecule has 2 amide bonds. The van der Waals surface area contributed by atoms with Crippen LogP contribution in [-0.4, -0.2) is 21.8 Å². The Bertz CT molecular complexity index is 1180. The van der Waals surface area contributed by atoms with Crippen LogP contribution in [0.15, 0.2) is 36.4 Å². The van der Waals surface area contributed by atoms with Gasteiger partial charge in [0, 0.05) is 22.4 Å². The quantitative estimate of drug-likeness (QED) is 0.595. The van der Waals surface area contributed by atoms with Gasteiger partial charge in [0.1, 0.15) is 0 Å². The number of nitrogens with one attached hydrogen (secondary N) is 2. The highest BCUT2D eigenvalue weighted by molar-refractivity contribution is 6.36. The summed E-state index contributed by atoms with van der Waals surface area (Å²) in [6, 6.07) is 9.68. The first-order chi connectivity index (χ1) is 14.0. The summed E-state index contributed by atoms with van der Waals surface area (Å²) in [5.74, 6) is 0.0428. The van der Waals surface area contributed by atoms with E-state index < -0.39 is 11.8 Å². The minimum absolute atomic E-state index is 0.202. The molecule has 1 fully saturated rings. The maximum absolute atomic E-state index is 12.5. The first-order valence-electron chi connectivity index (χ1n) is 9.37. The van der Waals surface area contributed by atoms with Gasteiger partial charge >= 0.3 is 0 Å². The average molecular weight is 427 g/mol. The summed E-state index contributed by atoms with van der Waals surface area (Å²) in [5.41, 5.74) is 9.05. The number of nitrogens with zero attached hydrogens (tertiary/aromatic N) is 2. The van der Waals surface area contributed by atoms with E-state index in [0.717, 1.165) is 29.7 Å². The van der Waals surface area contributed by atoms with Gasteiger partial charge in [0.25, 0.3) is 11.8 Å². The third-order valence-electron chi connectivity index (χ3n) is 5.65. The van der Waals surface area contributed by atoms with Crippen LogP contribution in [0.4, 0.5) is 0 Å². The Balaban J connectivity index is 1.34. The second-order valence-corrected chi connectivity index (χ2v) is 8.28. The van der Waals surface area contributed by atoms with Crippen molar-refractivity contribution >= 4 is 46.0 Å². The van der Waals surface area contributed by atoms with E-state index in [4.69, 9.17) is 33.2 Å². The Morgan fingerprint density at radius 3 is 2.28 bits per heavy atom. The van der Waals surface area contributed by atoms with E-state index in [0.29, 0.717) is 27.9 Å². The molecule has 2 aliphatic rings. The zero-order chi connectivity index (χ0) is 20.1. The maximum atomic E-state index is 12.5. The van der Waals surface area contributed by atoms with Crippen molar-refractivity contribution in [1.29, 1.82) is 0 Å². The zero-order valence-electron chi connectivity index (χ0n) is 15.2. The van der Waals surface area contributed by atoms with Crippen LogP contribution in [0.2, 0.25) is 10.0 Å². The number of halogens is 2. The van der Waals surface area contributed by atoms with E-state index in [1.807, 2.05) is 0 Å². The molecule has 6 nitrogen and oxygen atoms in total. The van der Waals surface area contributed by atoms with Crippen molar-refractivity contribution in [2.24, 2.45) is 0 Å². The highest BCUT2D eigenvalue weighted by Crippen LogP contribution is 2.51. The summed E-state index contributed by atoms with van der Waals surface area (Å²) in [6.45, 7) is 0. The van der Waals surface area contributed by atoms with Gasteiger partial charge in [-0.3, -0.25) is 20.4 Å². The average Bonchev–Trinajstić information content (AvgIpc) is 3.32. The van der Waals surface area contributed by atoms with E-state index >= 15 is 0 Å². The lowest BCUT2D eigenvalue weighted by Gasteiger charge is -2.14. The summed E-state index contributed by atoms with van der Waals surface area (Å²) in [6.07, 6.45) is 3.49. The van der Waals surface area contributed by atoms with Crippen LogP contribution in [0.3, 0.4) is 0 Å². The third-order valence-corrected chi connectivity index (χ3v) is 6.20. The van der Waals surface area contributed by atoms with Crippen LogP contribution < -0.4 is 10.9 Å². The standard InChI is InChI=1S/C21H16Cl2N4O2/c22-13-4-5-14(15(23)9-13)21(29)27-26-20(28)12-3-6-16-17(8-12)25-19-11-2-1-10(7-11)18(19)24-16/h3-6,8-11H,1-2,7H2,(H,26,28)(H,27,29). The van der Waals surface area contributed by atoms with Crippen molar-refractivity contribution in [3.8, 4) is 0 Å². The smallest absolute Gasteiger partial charge is 0.267 e.